The van der Waals surface area contributed by atoms with E-state index >= 15 is 0 Å². The number of aryl methyl sites for hydroxylation is 1. The quantitative estimate of drug-likeness (QED) is 0.796. The number of hydrogen-bond acceptors (Lipinski definition) is 2. The first-order valence-corrected chi connectivity index (χ1v) is 6.52. The molecule has 2 rings (SSSR count). The molecule has 1 aliphatic carbocycles. The Labute approximate surface area is 116 Å². The monoisotopic (exact) mass is 280 g/mol. The summed E-state index contributed by atoms with van der Waals surface area (Å²) in [5.74, 6) is -1.55. The molecular formula is C14H17FN2O3. The smallest absolute Gasteiger partial charge is 0.319 e. The summed E-state index contributed by atoms with van der Waals surface area (Å²) in [6.45, 7) is 1.70. The number of hydrogen-bond donors (Lipinski definition) is 3. The minimum atomic E-state index is -0.816. The molecule has 6 heteroatoms. The normalized spacial score (nSPS) is 21.5. The van der Waals surface area contributed by atoms with Gasteiger partial charge in [-0.1, -0.05) is 0 Å². The van der Waals surface area contributed by atoms with Gasteiger partial charge in [-0.05, 0) is 49.9 Å². The lowest BCUT2D eigenvalue weighted by molar-refractivity contribution is -0.141. The van der Waals surface area contributed by atoms with Crippen LogP contribution in [0.2, 0.25) is 0 Å². The highest BCUT2D eigenvalue weighted by Crippen LogP contribution is 2.25. The van der Waals surface area contributed by atoms with Gasteiger partial charge in [-0.3, -0.25) is 4.79 Å². The fourth-order valence-electron chi connectivity index (χ4n) is 2.45. The van der Waals surface area contributed by atoms with Gasteiger partial charge in [0.05, 0.1) is 5.92 Å². The van der Waals surface area contributed by atoms with E-state index in [4.69, 9.17) is 5.11 Å². The number of anilines is 1. The zero-order valence-electron chi connectivity index (χ0n) is 11.1. The minimum Gasteiger partial charge on any atom is -0.481 e. The Morgan fingerprint density at radius 3 is 2.70 bits per heavy atom. The third-order valence-corrected chi connectivity index (χ3v) is 3.55. The molecule has 5 nitrogen and oxygen atoms in total. The van der Waals surface area contributed by atoms with E-state index in [0.717, 1.165) is 0 Å². The fourth-order valence-corrected chi connectivity index (χ4v) is 2.45. The number of benzene rings is 1. The van der Waals surface area contributed by atoms with Crippen LogP contribution in [0.25, 0.3) is 0 Å². The van der Waals surface area contributed by atoms with E-state index in [1.54, 1.807) is 6.92 Å². The van der Waals surface area contributed by atoms with Crippen molar-refractivity contribution in [3.05, 3.63) is 29.6 Å². The predicted molar refractivity (Wildman–Crippen MR) is 72.1 cm³/mol. The van der Waals surface area contributed by atoms with Crippen molar-refractivity contribution >= 4 is 17.7 Å². The minimum absolute atomic E-state index is 0.128. The highest BCUT2D eigenvalue weighted by atomic mass is 19.1. The third kappa shape index (κ3) is 3.46. The number of carbonyl (C=O) groups excluding carboxylic acids is 1. The molecule has 0 radical (unpaired) electrons. The van der Waals surface area contributed by atoms with Crippen LogP contribution in [0.15, 0.2) is 18.2 Å². The lowest BCUT2D eigenvalue weighted by Crippen LogP contribution is -2.36. The summed E-state index contributed by atoms with van der Waals surface area (Å²) in [6, 6.07) is 3.59. The summed E-state index contributed by atoms with van der Waals surface area (Å²) in [7, 11) is 0. The molecule has 0 aliphatic heterocycles. The number of halogens is 1. The number of aliphatic carboxylic acids is 1. The average Bonchev–Trinajstić information content (AvgIpc) is 2.81. The number of amides is 2. The van der Waals surface area contributed by atoms with E-state index in [9.17, 15) is 14.0 Å². The molecule has 2 atom stereocenters. The first-order chi connectivity index (χ1) is 9.45. The molecule has 0 spiro atoms. The molecule has 1 fully saturated rings. The van der Waals surface area contributed by atoms with Crippen LogP contribution < -0.4 is 10.6 Å². The molecule has 0 saturated heterocycles. The second kappa shape index (κ2) is 5.90. The molecule has 3 N–H and O–H groups in total. The Kier molecular flexibility index (Phi) is 4.22. The van der Waals surface area contributed by atoms with Crippen LogP contribution in [0, 0.1) is 18.7 Å². The molecule has 0 aromatic heterocycles. The Balaban J connectivity index is 1.88. The first kappa shape index (κ1) is 14.3. The van der Waals surface area contributed by atoms with Gasteiger partial charge in [-0.15, -0.1) is 0 Å². The SMILES string of the molecule is Cc1cc(F)ccc1NC(=O)N[C@H]1CC[C@@H](C(=O)O)C1. The number of carboxylic acids is 1. The van der Waals surface area contributed by atoms with Crippen molar-refractivity contribution in [2.45, 2.75) is 32.2 Å². The van der Waals surface area contributed by atoms with Crippen LogP contribution in [-0.2, 0) is 4.79 Å². The van der Waals surface area contributed by atoms with Crippen LogP contribution >= 0.6 is 0 Å². The molecule has 1 saturated carbocycles. The van der Waals surface area contributed by atoms with E-state index in [-0.39, 0.29) is 17.8 Å². The van der Waals surface area contributed by atoms with Crippen LogP contribution in [-0.4, -0.2) is 23.1 Å². The molecule has 1 aromatic rings. The van der Waals surface area contributed by atoms with Gasteiger partial charge in [0.25, 0.3) is 0 Å². The molecule has 20 heavy (non-hydrogen) atoms. The van der Waals surface area contributed by atoms with Crippen molar-refractivity contribution < 1.29 is 19.1 Å². The van der Waals surface area contributed by atoms with Crippen molar-refractivity contribution in [2.24, 2.45) is 5.92 Å². The number of urea groups is 1. The molecule has 0 unspecified atom stereocenters. The molecule has 0 heterocycles. The van der Waals surface area contributed by atoms with Gasteiger partial charge in [0, 0.05) is 11.7 Å². The summed E-state index contributed by atoms with van der Waals surface area (Å²) in [5.41, 5.74) is 1.17. The third-order valence-electron chi connectivity index (χ3n) is 3.55. The largest absolute Gasteiger partial charge is 0.481 e. The zero-order chi connectivity index (χ0) is 14.7. The highest BCUT2D eigenvalue weighted by Gasteiger charge is 2.30. The van der Waals surface area contributed by atoms with Crippen molar-refractivity contribution in [1.82, 2.24) is 5.32 Å². The molecular weight excluding hydrogens is 263 g/mol. The lowest BCUT2D eigenvalue weighted by atomic mass is 10.1. The van der Waals surface area contributed by atoms with Crippen molar-refractivity contribution in [3.63, 3.8) is 0 Å². The highest BCUT2D eigenvalue weighted by molar-refractivity contribution is 5.90. The topological polar surface area (TPSA) is 78.4 Å². The molecule has 0 bridgehead atoms. The van der Waals surface area contributed by atoms with Crippen LogP contribution in [0.1, 0.15) is 24.8 Å². The summed E-state index contributed by atoms with van der Waals surface area (Å²) in [6.07, 6.45) is 1.69. The Bertz CT molecular complexity index is 533. The maximum Gasteiger partial charge on any atom is 0.319 e. The Hall–Kier alpha value is -2.11. The summed E-state index contributed by atoms with van der Waals surface area (Å²) < 4.78 is 12.9. The number of carboxylic acid groups (broad SMARTS) is 1. The van der Waals surface area contributed by atoms with Crippen LogP contribution in [0.5, 0.6) is 0 Å². The average molecular weight is 280 g/mol. The molecule has 2 amide bonds. The van der Waals surface area contributed by atoms with Gasteiger partial charge in [0.1, 0.15) is 5.82 Å². The van der Waals surface area contributed by atoms with Crippen molar-refractivity contribution in [1.29, 1.82) is 0 Å². The van der Waals surface area contributed by atoms with Crippen molar-refractivity contribution in [3.8, 4) is 0 Å². The number of rotatable bonds is 3. The van der Waals surface area contributed by atoms with Crippen molar-refractivity contribution in [2.75, 3.05) is 5.32 Å². The van der Waals surface area contributed by atoms with Gasteiger partial charge in [0.2, 0.25) is 0 Å². The van der Waals surface area contributed by atoms with E-state index in [2.05, 4.69) is 10.6 Å². The second-order valence-electron chi connectivity index (χ2n) is 5.10. The molecule has 108 valence electrons. The molecule has 1 aliphatic rings. The second-order valence-corrected chi connectivity index (χ2v) is 5.10. The fraction of sp³-hybridized carbons (Fsp3) is 0.429. The van der Waals surface area contributed by atoms with Gasteiger partial charge in [-0.2, -0.15) is 0 Å². The maximum atomic E-state index is 12.9. The Morgan fingerprint density at radius 2 is 2.10 bits per heavy atom. The summed E-state index contributed by atoms with van der Waals surface area (Å²) in [5, 5.41) is 14.3. The van der Waals surface area contributed by atoms with Crippen LogP contribution in [0.4, 0.5) is 14.9 Å². The number of carbonyl (C=O) groups is 2. The van der Waals surface area contributed by atoms with Gasteiger partial charge < -0.3 is 15.7 Å². The van der Waals surface area contributed by atoms with Gasteiger partial charge >= 0.3 is 12.0 Å². The van der Waals surface area contributed by atoms with Crippen LogP contribution in [0.3, 0.4) is 0 Å². The number of nitrogens with one attached hydrogen (secondary N) is 2. The van der Waals surface area contributed by atoms with E-state index in [1.165, 1.54) is 18.2 Å². The van der Waals surface area contributed by atoms with E-state index < -0.39 is 12.0 Å². The first-order valence-electron chi connectivity index (χ1n) is 6.52. The Morgan fingerprint density at radius 1 is 1.35 bits per heavy atom. The van der Waals surface area contributed by atoms with Gasteiger partial charge in [-0.25, -0.2) is 9.18 Å². The lowest BCUT2D eigenvalue weighted by Gasteiger charge is -2.14. The standard InChI is InChI=1S/C14H17FN2O3/c1-8-6-10(15)3-5-12(8)17-14(20)16-11-4-2-9(7-11)13(18)19/h3,5-6,9,11H,2,4,7H2,1H3,(H,18,19)(H2,16,17,20)/t9-,11+/m1/s1. The summed E-state index contributed by atoms with van der Waals surface area (Å²) in [4.78, 5) is 22.7. The maximum absolute atomic E-state index is 12.9. The predicted octanol–water partition coefficient (Wildman–Crippen LogP) is 2.51. The van der Waals surface area contributed by atoms with Gasteiger partial charge in [0.15, 0.2) is 0 Å². The zero-order valence-corrected chi connectivity index (χ0v) is 11.1. The summed E-state index contributed by atoms with van der Waals surface area (Å²) >= 11 is 0. The molecule has 1 aromatic carbocycles. The van der Waals surface area contributed by atoms with E-state index in [1.807, 2.05) is 0 Å². The van der Waals surface area contributed by atoms with E-state index in [0.29, 0.717) is 30.5 Å².